The van der Waals surface area contributed by atoms with Crippen LogP contribution in [0.2, 0.25) is 0 Å². The summed E-state index contributed by atoms with van der Waals surface area (Å²) in [6.45, 7) is 3.78. The molecule has 1 saturated heterocycles. The predicted molar refractivity (Wildman–Crippen MR) is 123 cm³/mol. The van der Waals surface area contributed by atoms with Crippen LogP contribution in [-0.4, -0.2) is 47.3 Å². The molecule has 3 aromatic rings. The summed E-state index contributed by atoms with van der Waals surface area (Å²) < 4.78 is 7.22. The Bertz CT molecular complexity index is 969. The maximum Gasteiger partial charge on any atom is 0.228 e. The number of methoxy groups -OCH3 is 1. The number of carbonyl (C=O) groups excluding carboxylic acids is 1. The van der Waals surface area contributed by atoms with Crippen molar-refractivity contribution in [3.8, 4) is 16.9 Å². The van der Waals surface area contributed by atoms with E-state index >= 15 is 0 Å². The minimum absolute atomic E-state index is 0.0161. The van der Waals surface area contributed by atoms with Crippen LogP contribution in [0.1, 0.15) is 19.3 Å². The molecule has 162 valence electrons. The maximum atomic E-state index is 13.1. The topological polar surface area (TPSA) is 59.4 Å². The van der Waals surface area contributed by atoms with Crippen LogP contribution in [0.25, 0.3) is 11.1 Å². The van der Waals surface area contributed by atoms with Gasteiger partial charge in [0.15, 0.2) is 0 Å². The Morgan fingerprint density at radius 2 is 1.97 bits per heavy atom. The number of piperidine rings is 1. The van der Waals surface area contributed by atoms with Crippen molar-refractivity contribution in [1.29, 1.82) is 0 Å². The second-order valence-corrected chi connectivity index (χ2v) is 8.03. The van der Waals surface area contributed by atoms with Crippen molar-refractivity contribution in [1.82, 2.24) is 14.7 Å². The molecule has 2 aromatic carbocycles. The Hall–Kier alpha value is -3.12. The zero-order valence-electron chi connectivity index (χ0n) is 18.0. The van der Waals surface area contributed by atoms with Crippen LogP contribution in [0.5, 0.6) is 5.75 Å². The average molecular weight is 419 g/mol. The van der Waals surface area contributed by atoms with Gasteiger partial charge in [-0.2, -0.15) is 5.10 Å². The number of benzene rings is 2. The van der Waals surface area contributed by atoms with E-state index in [-0.39, 0.29) is 11.8 Å². The highest BCUT2D eigenvalue weighted by Gasteiger charge is 2.26. The van der Waals surface area contributed by atoms with Crippen molar-refractivity contribution < 1.29 is 9.53 Å². The number of rotatable bonds is 8. The van der Waals surface area contributed by atoms with Gasteiger partial charge in [0.05, 0.1) is 13.0 Å². The van der Waals surface area contributed by atoms with E-state index in [1.165, 1.54) is 0 Å². The number of ether oxygens (including phenoxy) is 1. The number of carbonyl (C=O) groups is 1. The molecule has 1 aromatic heterocycles. The summed E-state index contributed by atoms with van der Waals surface area (Å²) in [5.74, 6) is 0.945. The third-order valence-electron chi connectivity index (χ3n) is 5.88. The van der Waals surface area contributed by atoms with Crippen LogP contribution in [0.4, 0.5) is 5.69 Å². The average Bonchev–Trinajstić information content (AvgIpc) is 3.33. The number of amides is 1. The van der Waals surface area contributed by atoms with Crippen LogP contribution in [0, 0.1) is 5.92 Å². The molecule has 0 unspecified atom stereocenters. The molecular formula is C25H30N4O2. The second-order valence-electron chi connectivity index (χ2n) is 8.03. The van der Waals surface area contributed by atoms with E-state index in [0.29, 0.717) is 0 Å². The van der Waals surface area contributed by atoms with E-state index in [4.69, 9.17) is 4.74 Å². The molecule has 6 heteroatoms. The van der Waals surface area contributed by atoms with Crippen molar-refractivity contribution in [3.05, 3.63) is 67.0 Å². The van der Waals surface area contributed by atoms with Gasteiger partial charge in [-0.15, -0.1) is 0 Å². The minimum Gasteiger partial charge on any atom is -0.497 e. The Labute approximate surface area is 183 Å². The van der Waals surface area contributed by atoms with Crippen molar-refractivity contribution in [2.75, 3.05) is 32.1 Å². The van der Waals surface area contributed by atoms with E-state index in [9.17, 15) is 4.79 Å². The smallest absolute Gasteiger partial charge is 0.228 e. The first-order valence-electron chi connectivity index (χ1n) is 11.0. The van der Waals surface area contributed by atoms with Crippen LogP contribution >= 0.6 is 0 Å². The summed E-state index contributed by atoms with van der Waals surface area (Å²) in [6.07, 6.45) is 6.83. The molecule has 6 nitrogen and oxygen atoms in total. The van der Waals surface area contributed by atoms with E-state index in [2.05, 4.69) is 15.3 Å². The highest BCUT2D eigenvalue weighted by atomic mass is 16.5. The monoisotopic (exact) mass is 418 g/mol. The third-order valence-corrected chi connectivity index (χ3v) is 5.88. The lowest BCUT2D eigenvalue weighted by Gasteiger charge is -2.32. The number of aromatic nitrogens is 2. The molecule has 1 aliphatic heterocycles. The van der Waals surface area contributed by atoms with Gasteiger partial charge in [0.2, 0.25) is 5.91 Å². The fourth-order valence-corrected chi connectivity index (χ4v) is 4.21. The molecule has 4 rings (SSSR count). The van der Waals surface area contributed by atoms with Crippen LogP contribution < -0.4 is 10.1 Å². The standard InChI is InChI=1S/C25H30N4O2/c1-31-22-12-10-20(11-13-22)23-8-2-3-9-24(23)27-25(30)21-7-4-15-28(19-21)16-6-18-29-17-5-14-26-29/h2-3,5,8-14,17,21H,4,6-7,15-16,18-19H2,1H3,(H,27,30)/t21-/m0/s1. The number of likely N-dealkylation sites (tertiary alicyclic amines) is 1. The summed E-state index contributed by atoms with van der Waals surface area (Å²) in [7, 11) is 1.66. The fourth-order valence-electron chi connectivity index (χ4n) is 4.21. The lowest BCUT2D eigenvalue weighted by atomic mass is 9.96. The van der Waals surface area contributed by atoms with Gasteiger partial charge in [0, 0.05) is 36.7 Å². The van der Waals surface area contributed by atoms with Gasteiger partial charge in [-0.05, 0) is 62.2 Å². The highest BCUT2D eigenvalue weighted by molar-refractivity contribution is 5.97. The summed E-state index contributed by atoms with van der Waals surface area (Å²) >= 11 is 0. The molecule has 2 heterocycles. The SMILES string of the molecule is COc1ccc(-c2ccccc2NC(=O)[C@H]2CCCN(CCCn3cccn3)C2)cc1. The van der Waals surface area contributed by atoms with Crippen LogP contribution in [0.15, 0.2) is 67.0 Å². The second kappa shape index (κ2) is 10.3. The van der Waals surface area contributed by atoms with Crippen LogP contribution in [-0.2, 0) is 11.3 Å². The summed E-state index contributed by atoms with van der Waals surface area (Å²) in [5.41, 5.74) is 2.93. The molecule has 0 aliphatic carbocycles. The Morgan fingerprint density at radius 1 is 1.13 bits per heavy atom. The van der Waals surface area contributed by atoms with Crippen molar-refractivity contribution in [2.45, 2.75) is 25.8 Å². The number of hydrogen-bond acceptors (Lipinski definition) is 4. The summed E-state index contributed by atoms with van der Waals surface area (Å²) in [4.78, 5) is 15.5. The van der Waals surface area contributed by atoms with E-state index in [0.717, 1.165) is 68.0 Å². The minimum atomic E-state index is 0.0161. The quantitative estimate of drug-likeness (QED) is 0.593. The number of anilines is 1. The van der Waals surface area contributed by atoms with E-state index in [1.807, 2.05) is 71.7 Å². The Balaban J connectivity index is 1.36. The summed E-state index contributed by atoms with van der Waals surface area (Å²) in [6, 6.07) is 17.8. The van der Waals surface area contributed by atoms with E-state index < -0.39 is 0 Å². The normalized spacial score (nSPS) is 16.7. The van der Waals surface area contributed by atoms with Crippen molar-refractivity contribution >= 4 is 11.6 Å². The third kappa shape index (κ3) is 5.52. The van der Waals surface area contributed by atoms with Gasteiger partial charge < -0.3 is 15.0 Å². The van der Waals surface area contributed by atoms with Crippen molar-refractivity contribution in [2.24, 2.45) is 5.92 Å². The first-order valence-corrected chi connectivity index (χ1v) is 11.0. The molecule has 0 saturated carbocycles. The number of nitrogens with zero attached hydrogens (tertiary/aromatic N) is 3. The molecule has 1 atom stereocenters. The van der Waals surface area contributed by atoms with Crippen LogP contribution in [0.3, 0.4) is 0 Å². The molecule has 1 aliphatic rings. The van der Waals surface area contributed by atoms with Gasteiger partial charge in [-0.25, -0.2) is 0 Å². The summed E-state index contributed by atoms with van der Waals surface area (Å²) in [5, 5.41) is 7.45. The van der Waals surface area contributed by atoms with Crippen molar-refractivity contribution in [3.63, 3.8) is 0 Å². The molecule has 1 N–H and O–H groups in total. The number of para-hydroxylation sites is 1. The predicted octanol–water partition coefficient (Wildman–Crippen LogP) is 4.30. The van der Waals surface area contributed by atoms with Gasteiger partial charge in [-0.1, -0.05) is 30.3 Å². The van der Waals surface area contributed by atoms with Gasteiger partial charge in [0.1, 0.15) is 5.75 Å². The molecule has 1 fully saturated rings. The van der Waals surface area contributed by atoms with Gasteiger partial charge >= 0.3 is 0 Å². The Morgan fingerprint density at radius 3 is 2.74 bits per heavy atom. The van der Waals surface area contributed by atoms with Gasteiger partial charge in [0.25, 0.3) is 0 Å². The first-order chi connectivity index (χ1) is 15.2. The molecule has 0 radical (unpaired) electrons. The number of aryl methyl sites for hydroxylation is 1. The Kier molecular flexibility index (Phi) is 6.99. The molecule has 0 bridgehead atoms. The molecule has 1 amide bonds. The first kappa shape index (κ1) is 21.1. The highest BCUT2D eigenvalue weighted by Crippen LogP contribution is 2.30. The molecule has 31 heavy (non-hydrogen) atoms. The fraction of sp³-hybridized carbons (Fsp3) is 0.360. The number of nitrogens with one attached hydrogen (secondary N) is 1. The zero-order valence-corrected chi connectivity index (χ0v) is 18.0. The largest absolute Gasteiger partial charge is 0.497 e. The number of hydrogen-bond donors (Lipinski definition) is 1. The van der Waals surface area contributed by atoms with Gasteiger partial charge in [-0.3, -0.25) is 9.48 Å². The lowest BCUT2D eigenvalue weighted by molar-refractivity contribution is -0.121. The molecular weight excluding hydrogens is 388 g/mol. The molecule has 0 spiro atoms. The zero-order chi connectivity index (χ0) is 21.5. The maximum absolute atomic E-state index is 13.1. The lowest BCUT2D eigenvalue weighted by Crippen LogP contribution is -2.41. The van der Waals surface area contributed by atoms with E-state index in [1.54, 1.807) is 7.11 Å².